The summed E-state index contributed by atoms with van der Waals surface area (Å²) in [5.41, 5.74) is 1.18. The third-order valence-corrected chi connectivity index (χ3v) is 5.33. The van der Waals surface area contributed by atoms with Gasteiger partial charge in [0.2, 0.25) is 5.91 Å². The van der Waals surface area contributed by atoms with Crippen molar-refractivity contribution < 1.29 is 4.79 Å². The second-order valence-corrected chi connectivity index (χ2v) is 7.24. The molecule has 2 aromatic heterocycles. The number of hydrogen-bond acceptors (Lipinski definition) is 4. The van der Waals surface area contributed by atoms with Crippen molar-refractivity contribution in [3.05, 3.63) is 63.1 Å². The van der Waals surface area contributed by atoms with Gasteiger partial charge in [0.25, 0.3) is 5.56 Å². The van der Waals surface area contributed by atoms with Gasteiger partial charge in [-0.2, -0.15) is 0 Å². The third-order valence-electron chi connectivity index (χ3n) is 5.33. The Bertz CT molecular complexity index is 1110. The highest BCUT2D eigenvalue weighted by molar-refractivity contribution is 5.76. The van der Waals surface area contributed by atoms with Gasteiger partial charge in [0.05, 0.1) is 6.33 Å². The molecular weight excluding hydrogens is 370 g/mol. The molecule has 0 aliphatic carbocycles. The fraction of sp³-hybridized carbons (Fsp3) is 0.429. The lowest BCUT2D eigenvalue weighted by Gasteiger charge is -2.16. The van der Waals surface area contributed by atoms with E-state index < -0.39 is 5.69 Å². The van der Waals surface area contributed by atoms with Crippen LogP contribution < -0.4 is 16.6 Å². The van der Waals surface area contributed by atoms with Crippen molar-refractivity contribution in [3.8, 4) is 0 Å². The topological polar surface area (TPSA) is 90.9 Å². The molecule has 29 heavy (non-hydrogen) atoms. The van der Waals surface area contributed by atoms with Gasteiger partial charge in [-0.3, -0.25) is 18.7 Å². The number of aromatic nitrogens is 4. The highest BCUT2D eigenvalue weighted by atomic mass is 16.2. The van der Waals surface area contributed by atoms with E-state index in [1.165, 1.54) is 17.2 Å². The molecule has 1 aromatic carbocycles. The number of nitrogens with one attached hydrogen (secondary N) is 1. The standard InChI is InChI=1S/C21H27N5O3/c1-4-15(16-9-6-5-7-10-16)13-22-17(27)11-8-12-26-14-23-19-18(26)20(28)25(3)21(29)24(19)2/h5-7,9-10,14-15H,4,8,11-13H2,1-3H3,(H,22,27). The number of fused-ring (bicyclic) bond motifs is 1. The molecule has 0 aliphatic heterocycles. The molecule has 3 rings (SSSR count). The van der Waals surface area contributed by atoms with Crippen LogP contribution in [0.5, 0.6) is 0 Å². The molecule has 1 amide bonds. The van der Waals surface area contributed by atoms with Gasteiger partial charge in [-0.05, 0) is 18.4 Å². The number of amides is 1. The van der Waals surface area contributed by atoms with Gasteiger partial charge in [0.15, 0.2) is 11.2 Å². The summed E-state index contributed by atoms with van der Waals surface area (Å²) >= 11 is 0. The molecule has 0 fully saturated rings. The number of carbonyl (C=O) groups is 1. The summed E-state index contributed by atoms with van der Waals surface area (Å²) in [6, 6.07) is 10.2. The van der Waals surface area contributed by atoms with Crippen molar-refractivity contribution in [2.75, 3.05) is 6.54 Å². The molecule has 1 atom stereocenters. The van der Waals surface area contributed by atoms with Gasteiger partial charge in [0, 0.05) is 39.5 Å². The monoisotopic (exact) mass is 397 g/mol. The first-order valence-electron chi connectivity index (χ1n) is 9.86. The van der Waals surface area contributed by atoms with E-state index in [4.69, 9.17) is 0 Å². The number of carbonyl (C=O) groups excluding carboxylic acids is 1. The largest absolute Gasteiger partial charge is 0.355 e. The lowest BCUT2D eigenvalue weighted by molar-refractivity contribution is -0.121. The van der Waals surface area contributed by atoms with Crippen LogP contribution in [0.4, 0.5) is 0 Å². The Morgan fingerprint density at radius 3 is 2.55 bits per heavy atom. The van der Waals surface area contributed by atoms with Gasteiger partial charge >= 0.3 is 5.69 Å². The molecule has 1 unspecified atom stereocenters. The Labute approximate surface area is 168 Å². The van der Waals surface area contributed by atoms with Crippen LogP contribution in [0.3, 0.4) is 0 Å². The number of rotatable bonds is 8. The van der Waals surface area contributed by atoms with Crippen LogP contribution in [0.25, 0.3) is 11.2 Å². The van der Waals surface area contributed by atoms with Gasteiger partial charge in [-0.15, -0.1) is 0 Å². The average Bonchev–Trinajstić information content (AvgIpc) is 3.16. The summed E-state index contributed by atoms with van der Waals surface area (Å²) in [5, 5.41) is 3.01. The molecule has 8 nitrogen and oxygen atoms in total. The first-order valence-corrected chi connectivity index (χ1v) is 9.86. The van der Waals surface area contributed by atoms with E-state index >= 15 is 0 Å². The highest BCUT2D eigenvalue weighted by Gasteiger charge is 2.15. The Kier molecular flexibility index (Phi) is 6.31. The Balaban J connectivity index is 1.58. The zero-order valence-corrected chi connectivity index (χ0v) is 17.1. The molecule has 0 bridgehead atoms. The number of nitrogens with zero attached hydrogens (tertiary/aromatic N) is 4. The summed E-state index contributed by atoms with van der Waals surface area (Å²) in [7, 11) is 3.04. The molecular formula is C21H27N5O3. The maximum atomic E-state index is 12.4. The first kappa shape index (κ1) is 20.6. The fourth-order valence-corrected chi connectivity index (χ4v) is 3.52. The lowest BCUT2D eigenvalue weighted by atomic mass is 9.96. The molecule has 0 radical (unpaired) electrons. The zero-order valence-electron chi connectivity index (χ0n) is 17.1. The quantitative estimate of drug-likeness (QED) is 0.624. The summed E-state index contributed by atoms with van der Waals surface area (Å²) in [6.07, 6.45) is 3.43. The van der Waals surface area contributed by atoms with Crippen molar-refractivity contribution in [3.63, 3.8) is 0 Å². The van der Waals surface area contributed by atoms with Gasteiger partial charge in [-0.1, -0.05) is 37.3 Å². The molecule has 8 heteroatoms. The van der Waals surface area contributed by atoms with Gasteiger partial charge < -0.3 is 9.88 Å². The Morgan fingerprint density at radius 2 is 1.86 bits per heavy atom. The van der Waals surface area contributed by atoms with Crippen molar-refractivity contribution in [2.24, 2.45) is 14.1 Å². The van der Waals surface area contributed by atoms with E-state index in [1.54, 1.807) is 17.9 Å². The van der Waals surface area contributed by atoms with Crippen LogP contribution in [0.15, 0.2) is 46.2 Å². The van der Waals surface area contributed by atoms with Gasteiger partial charge in [0.1, 0.15) is 0 Å². The third kappa shape index (κ3) is 4.31. The van der Waals surface area contributed by atoms with Crippen LogP contribution in [0, 0.1) is 0 Å². The van der Waals surface area contributed by atoms with Crippen molar-refractivity contribution in [1.29, 1.82) is 0 Å². The van der Waals surface area contributed by atoms with Crippen molar-refractivity contribution in [1.82, 2.24) is 24.0 Å². The highest BCUT2D eigenvalue weighted by Crippen LogP contribution is 2.18. The molecule has 0 saturated heterocycles. The molecule has 3 aromatic rings. The molecule has 154 valence electrons. The lowest BCUT2D eigenvalue weighted by Crippen LogP contribution is -2.37. The van der Waals surface area contributed by atoms with Crippen LogP contribution in [-0.4, -0.2) is 31.1 Å². The molecule has 0 spiro atoms. The van der Waals surface area contributed by atoms with Crippen LogP contribution in [0.2, 0.25) is 0 Å². The summed E-state index contributed by atoms with van der Waals surface area (Å²) < 4.78 is 4.14. The Morgan fingerprint density at radius 1 is 1.14 bits per heavy atom. The van der Waals surface area contributed by atoms with E-state index in [2.05, 4.69) is 29.4 Å². The van der Waals surface area contributed by atoms with E-state index in [0.29, 0.717) is 43.0 Å². The second kappa shape index (κ2) is 8.89. The Hall–Kier alpha value is -3.16. The minimum absolute atomic E-state index is 0.0101. The van der Waals surface area contributed by atoms with E-state index in [9.17, 15) is 14.4 Å². The van der Waals surface area contributed by atoms with Crippen LogP contribution in [-0.2, 0) is 25.4 Å². The average molecular weight is 397 g/mol. The maximum absolute atomic E-state index is 12.4. The van der Waals surface area contributed by atoms with E-state index in [-0.39, 0.29) is 11.5 Å². The zero-order chi connectivity index (χ0) is 21.0. The number of hydrogen-bond donors (Lipinski definition) is 1. The van der Waals surface area contributed by atoms with Crippen molar-refractivity contribution >= 4 is 17.1 Å². The molecule has 0 aliphatic rings. The number of aryl methyl sites for hydroxylation is 2. The van der Waals surface area contributed by atoms with Gasteiger partial charge in [-0.25, -0.2) is 9.78 Å². The first-order chi connectivity index (χ1) is 13.9. The van der Waals surface area contributed by atoms with E-state index in [0.717, 1.165) is 11.0 Å². The fourth-order valence-electron chi connectivity index (χ4n) is 3.52. The number of imidazole rings is 1. The molecule has 1 N–H and O–H groups in total. The van der Waals surface area contributed by atoms with Crippen LogP contribution >= 0.6 is 0 Å². The van der Waals surface area contributed by atoms with E-state index in [1.807, 2.05) is 18.2 Å². The molecule has 2 heterocycles. The second-order valence-electron chi connectivity index (χ2n) is 7.24. The minimum Gasteiger partial charge on any atom is -0.355 e. The maximum Gasteiger partial charge on any atom is 0.332 e. The van der Waals surface area contributed by atoms with Crippen LogP contribution in [0.1, 0.15) is 37.7 Å². The smallest absolute Gasteiger partial charge is 0.332 e. The number of benzene rings is 1. The van der Waals surface area contributed by atoms with Crippen molar-refractivity contribution in [2.45, 2.75) is 38.6 Å². The normalized spacial score (nSPS) is 12.2. The summed E-state index contributed by atoms with van der Waals surface area (Å²) in [5.74, 6) is 0.283. The SMILES string of the molecule is CCC(CNC(=O)CCCn1cnc2c1c(=O)n(C)c(=O)n2C)c1ccccc1. The minimum atomic E-state index is -0.406. The summed E-state index contributed by atoms with van der Waals surface area (Å²) in [4.78, 5) is 40.9. The summed E-state index contributed by atoms with van der Waals surface area (Å²) in [6.45, 7) is 3.20. The predicted molar refractivity (Wildman–Crippen MR) is 112 cm³/mol. The molecule has 0 saturated carbocycles. The predicted octanol–water partition coefficient (Wildman–Crippen LogP) is 1.52.